The van der Waals surface area contributed by atoms with Crippen molar-refractivity contribution < 1.29 is 9.59 Å². The molecule has 0 radical (unpaired) electrons. The van der Waals surface area contributed by atoms with Gasteiger partial charge in [0.1, 0.15) is 0 Å². The molecule has 2 N–H and O–H groups in total. The first-order valence-corrected chi connectivity index (χ1v) is 9.33. The van der Waals surface area contributed by atoms with Gasteiger partial charge in [0.15, 0.2) is 11.5 Å². The van der Waals surface area contributed by atoms with Crippen molar-refractivity contribution in [1.29, 1.82) is 0 Å². The first-order valence-electron chi connectivity index (χ1n) is 9.33. The van der Waals surface area contributed by atoms with Crippen LogP contribution in [0.25, 0.3) is 0 Å². The highest BCUT2D eigenvalue weighted by Gasteiger charge is 2.13. The predicted molar refractivity (Wildman–Crippen MR) is 115 cm³/mol. The first-order chi connectivity index (χ1) is 14.0. The minimum absolute atomic E-state index is 0.177. The van der Waals surface area contributed by atoms with Gasteiger partial charge in [-0.25, -0.2) is 0 Å². The molecule has 29 heavy (non-hydrogen) atoms. The fourth-order valence-electron chi connectivity index (χ4n) is 2.94. The van der Waals surface area contributed by atoms with Crippen LogP contribution < -0.4 is 15.5 Å². The van der Waals surface area contributed by atoms with Gasteiger partial charge in [0.25, 0.3) is 5.91 Å². The molecular weight excluding hydrogens is 366 g/mol. The molecule has 7 nitrogen and oxygen atoms in total. The fraction of sp³-hybridized carbons (Fsp3) is 0.182. The van der Waals surface area contributed by atoms with Crippen molar-refractivity contribution in [3.05, 3.63) is 71.9 Å². The maximum Gasteiger partial charge on any atom is 0.276 e. The van der Waals surface area contributed by atoms with E-state index in [2.05, 4.69) is 26.9 Å². The molecule has 3 rings (SSSR count). The summed E-state index contributed by atoms with van der Waals surface area (Å²) < 4.78 is 0. The monoisotopic (exact) mass is 389 g/mol. The molecule has 2 aromatic carbocycles. The number of anilines is 4. The second-order valence-corrected chi connectivity index (χ2v) is 6.58. The van der Waals surface area contributed by atoms with Gasteiger partial charge in [-0.05, 0) is 61.9 Å². The Bertz CT molecular complexity index is 1020. The lowest BCUT2D eigenvalue weighted by atomic mass is 10.2. The number of aryl methyl sites for hydroxylation is 1. The Morgan fingerprint density at radius 3 is 2.28 bits per heavy atom. The molecule has 0 aliphatic heterocycles. The Hall–Kier alpha value is -3.74. The Kier molecular flexibility index (Phi) is 6.19. The van der Waals surface area contributed by atoms with Gasteiger partial charge in [0.2, 0.25) is 5.91 Å². The minimum atomic E-state index is -0.373. The number of benzene rings is 2. The van der Waals surface area contributed by atoms with Gasteiger partial charge < -0.3 is 15.5 Å². The number of amides is 2. The van der Waals surface area contributed by atoms with Crippen molar-refractivity contribution in [2.24, 2.45) is 0 Å². The molecule has 1 aromatic heterocycles. The molecule has 0 saturated carbocycles. The predicted octanol–water partition coefficient (Wildman–Crippen LogP) is 4.15. The zero-order valence-electron chi connectivity index (χ0n) is 16.6. The van der Waals surface area contributed by atoms with Gasteiger partial charge in [0, 0.05) is 30.5 Å². The molecule has 0 aliphatic rings. The second kappa shape index (κ2) is 8.97. The molecule has 0 fully saturated rings. The lowest BCUT2D eigenvalue weighted by Crippen LogP contribution is -2.20. The molecule has 0 bridgehead atoms. The lowest BCUT2D eigenvalue weighted by Gasteiger charge is -2.22. The van der Waals surface area contributed by atoms with Crippen LogP contribution >= 0.6 is 0 Å². The number of rotatable bonds is 6. The highest BCUT2D eigenvalue weighted by molar-refractivity contribution is 6.03. The van der Waals surface area contributed by atoms with Crippen LogP contribution in [0, 0.1) is 6.92 Å². The molecule has 0 unspecified atom stereocenters. The number of aromatic nitrogens is 2. The van der Waals surface area contributed by atoms with E-state index in [1.807, 2.05) is 36.9 Å². The van der Waals surface area contributed by atoms with E-state index in [0.29, 0.717) is 17.2 Å². The van der Waals surface area contributed by atoms with E-state index >= 15 is 0 Å². The Balaban J connectivity index is 1.74. The maximum atomic E-state index is 12.5. The van der Waals surface area contributed by atoms with E-state index in [0.717, 1.165) is 17.8 Å². The summed E-state index contributed by atoms with van der Waals surface area (Å²) in [5.41, 5.74) is 3.55. The normalized spacial score (nSPS) is 10.3. The number of carbonyl (C=O) groups is 2. The number of nitrogens with zero attached hydrogens (tertiary/aromatic N) is 3. The van der Waals surface area contributed by atoms with Crippen LogP contribution in [0.5, 0.6) is 0 Å². The Morgan fingerprint density at radius 1 is 0.931 bits per heavy atom. The van der Waals surface area contributed by atoms with Crippen LogP contribution in [0.4, 0.5) is 22.9 Å². The third-order valence-electron chi connectivity index (χ3n) is 4.23. The molecule has 0 spiro atoms. The van der Waals surface area contributed by atoms with Crippen LogP contribution in [0.1, 0.15) is 29.9 Å². The summed E-state index contributed by atoms with van der Waals surface area (Å²) in [5, 5.41) is 13.8. The minimum Gasteiger partial charge on any atom is -0.326 e. The molecule has 0 atom stereocenters. The van der Waals surface area contributed by atoms with Gasteiger partial charge >= 0.3 is 0 Å². The van der Waals surface area contributed by atoms with E-state index in [1.165, 1.54) is 6.92 Å². The Labute approximate surface area is 169 Å². The van der Waals surface area contributed by atoms with Gasteiger partial charge in [-0.1, -0.05) is 18.2 Å². The van der Waals surface area contributed by atoms with Gasteiger partial charge in [0.05, 0.1) is 0 Å². The summed E-state index contributed by atoms with van der Waals surface area (Å²) in [7, 11) is 0. The van der Waals surface area contributed by atoms with Crippen molar-refractivity contribution >= 4 is 34.7 Å². The number of hydrogen-bond acceptors (Lipinski definition) is 5. The second-order valence-electron chi connectivity index (χ2n) is 6.58. The summed E-state index contributed by atoms with van der Waals surface area (Å²) in [6.45, 7) is 6.22. The van der Waals surface area contributed by atoms with Gasteiger partial charge in [-0.15, -0.1) is 10.2 Å². The third kappa shape index (κ3) is 5.16. The van der Waals surface area contributed by atoms with Crippen LogP contribution in [-0.4, -0.2) is 28.6 Å². The van der Waals surface area contributed by atoms with Crippen molar-refractivity contribution in [2.75, 3.05) is 22.1 Å². The molecule has 0 aliphatic carbocycles. The molecule has 0 saturated heterocycles. The van der Waals surface area contributed by atoms with Crippen LogP contribution in [0.3, 0.4) is 0 Å². The molecule has 1 heterocycles. The highest BCUT2D eigenvalue weighted by atomic mass is 16.2. The maximum absolute atomic E-state index is 12.5. The lowest BCUT2D eigenvalue weighted by molar-refractivity contribution is -0.114. The SMILES string of the molecule is CCN(c1cccc(C)c1)c1ccc(C(=O)Nc2cccc(NC(C)=O)c2)nn1. The van der Waals surface area contributed by atoms with E-state index < -0.39 is 0 Å². The quantitative estimate of drug-likeness (QED) is 0.661. The summed E-state index contributed by atoms with van der Waals surface area (Å²) >= 11 is 0. The molecule has 148 valence electrons. The van der Waals surface area contributed by atoms with Crippen LogP contribution in [0.15, 0.2) is 60.7 Å². The van der Waals surface area contributed by atoms with Gasteiger partial charge in [-0.3, -0.25) is 9.59 Å². The molecule has 7 heteroatoms. The van der Waals surface area contributed by atoms with Crippen molar-refractivity contribution in [2.45, 2.75) is 20.8 Å². The molecule has 2 amide bonds. The van der Waals surface area contributed by atoms with Crippen molar-refractivity contribution in [1.82, 2.24) is 10.2 Å². The zero-order valence-corrected chi connectivity index (χ0v) is 16.6. The summed E-state index contributed by atoms with van der Waals surface area (Å²) in [6.07, 6.45) is 0. The van der Waals surface area contributed by atoms with E-state index in [1.54, 1.807) is 36.4 Å². The number of hydrogen-bond donors (Lipinski definition) is 2. The first kappa shape index (κ1) is 20.0. The number of carbonyl (C=O) groups excluding carboxylic acids is 2. The smallest absolute Gasteiger partial charge is 0.276 e. The topological polar surface area (TPSA) is 87.2 Å². The van der Waals surface area contributed by atoms with E-state index in [4.69, 9.17) is 0 Å². The third-order valence-corrected chi connectivity index (χ3v) is 4.23. The van der Waals surface area contributed by atoms with Crippen LogP contribution in [-0.2, 0) is 4.79 Å². The summed E-state index contributed by atoms with van der Waals surface area (Å²) in [6, 6.07) is 18.5. The average Bonchev–Trinajstić information content (AvgIpc) is 2.69. The average molecular weight is 389 g/mol. The van der Waals surface area contributed by atoms with Crippen molar-refractivity contribution in [3.8, 4) is 0 Å². The molecule has 3 aromatic rings. The van der Waals surface area contributed by atoms with E-state index in [-0.39, 0.29) is 17.5 Å². The van der Waals surface area contributed by atoms with Crippen molar-refractivity contribution in [3.63, 3.8) is 0 Å². The molecular formula is C22H23N5O2. The standard InChI is InChI=1S/C22H23N5O2/c1-4-27(19-10-5-7-15(2)13-19)21-12-11-20(25-26-21)22(29)24-18-9-6-8-17(14-18)23-16(3)28/h5-14H,4H2,1-3H3,(H,23,28)(H,24,29). The van der Waals surface area contributed by atoms with Gasteiger partial charge in [-0.2, -0.15) is 0 Å². The highest BCUT2D eigenvalue weighted by Crippen LogP contribution is 2.23. The Morgan fingerprint density at radius 2 is 1.66 bits per heavy atom. The number of nitrogens with one attached hydrogen (secondary N) is 2. The largest absolute Gasteiger partial charge is 0.326 e. The summed E-state index contributed by atoms with van der Waals surface area (Å²) in [4.78, 5) is 25.7. The van der Waals surface area contributed by atoms with Crippen LogP contribution in [0.2, 0.25) is 0 Å². The summed E-state index contributed by atoms with van der Waals surface area (Å²) in [5.74, 6) is 0.119. The zero-order chi connectivity index (χ0) is 20.8. The fourth-order valence-corrected chi connectivity index (χ4v) is 2.94. The van der Waals surface area contributed by atoms with E-state index in [9.17, 15) is 9.59 Å².